The maximum Gasteiger partial charge on any atom is 0.260 e. The number of hydrogen-bond donors (Lipinski definition) is 1. The number of nitrogens with zero attached hydrogens (tertiary/aromatic N) is 4. The normalized spacial score (nSPS) is 16.8. The Kier molecular flexibility index (Phi) is 7.75. The average Bonchev–Trinajstić information content (AvgIpc) is 3.13. The zero-order valence-electron chi connectivity index (χ0n) is 22.3. The van der Waals surface area contributed by atoms with Crippen molar-refractivity contribution in [2.24, 2.45) is 0 Å². The summed E-state index contributed by atoms with van der Waals surface area (Å²) in [5.41, 5.74) is 3.03. The van der Waals surface area contributed by atoms with Crippen LogP contribution in [0.25, 0.3) is 22.2 Å². The van der Waals surface area contributed by atoms with Crippen molar-refractivity contribution >= 4 is 44.1 Å². The molecule has 10 heteroatoms. The minimum atomic E-state index is -3.47. The molecule has 0 aliphatic carbocycles. The van der Waals surface area contributed by atoms with Gasteiger partial charge in [0.2, 0.25) is 5.95 Å². The van der Waals surface area contributed by atoms with Crippen molar-refractivity contribution < 1.29 is 8.42 Å². The van der Waals surface area contributed by atoms with Gasteiger partial charge in [0.25, 0.3) is 5.56 Å². The van der Waals surface area contributed by atoms with Crippen molar-refractivity contribution in [2.75, 3.05) is 31.7 Å². The van der Waals surface area contributed by atoms with E-state index in [1.807, 2.05) is 19.1 Å². The van der Waals surface area contributed by atoms with Gasteiger partial charge in [0.1, 0.15) is 5.65 Å². The van der Waals surface area contributed by atoms with Gasteiger partial charge in [0.15, 0.2) is 9.84 Å². The van der Waals surface area contributed by atoms with Crippen LogP contribution in [-0.2, 0) is 16.4 Å². The molecule has 2 aromatic heterocycles. The zero-order valence-corrected chi connectivity index (χ0v) is 23.9. The number of benzene rings is 2. The molecular weight excluding hydrogens is 534 g/mol. The molecule has 204 valence electrons. The number of pyridine rings is 1. The summed E-state index contributed by atoms with van der Waals surface area (Å²) in [7, 11) is -1.29. The van der Waals surface area contributed by atoms with Gasteiger partial charge in [-0.1, -0.05) is 30.2 Å². The molecule has 1 saturated heterocycles. The van der Waals surface area contributed by atoms with Gasteiger partial charge in [-0.25, -0.2) is 13.4 Å². The second-order valence-electron chi connectivity index (χ2n) is 10.2. The standard InChI is InChI=1S/C29H32ClN5O3S/c1-4-35-27-21(15-25(28(35)36)24-16-23(39(3,37)38)12-13-26(24)30)17-31-29(33-27)32-22-10-8-19(9-11-22)20-7-5-6-14-34(2)18-20/h8-13,15-17,20H,4-7,14,18H2,1-3H3,(H,31,32,33). The topological polar surface area (TPSA) is 97.2 Å². The highest BCUT2D eigenvalue weighted by Gasteiger charge is 2.19. The third-order valence-corrected chi connectivity index (χ3v) is 8.75. The van der Waals surface area contributed by atoms with Crippen molar-refractivity contribution in [1.82, 2.24) is 19.4 Å². The number of likely N-dealkylation sites (N-methyl/N-ethyl adjacent to an activating group) is 1. The molecule has 0 saturated carbocycles. The van der Waals surface area contributed by atoms with Gasteiger partial charge < -0.3 is 10.2 Å². The Balaban J connectivity index is 1.47. The molecule has 1 atom stereocenters. The van der Waals surface area contributed by atoms with Gasteiger partial charge >= 0.3 is 0 Å². The number of likely N-dealkylation sites (tertiary alicyclic amines) is 1. The van der Waals surface area contributed by atoms with Gasteiger partial charge in [0.05, 0.1) is 4.90 Å². The van der Waals surface area contributed by atoms with E-state index in [1.165, 1.54) is 43.0 Å². The van der Waals surface area contributed by atoms with Crippen LogP contribution >= 0.6 is 11.6 Å². The van der Waals surface area contributed by atoms with Crippen LogP contribution in [0.5, 0.6) is 0 Å². The number of halogens is 1. The summed E-state index contributed by atoms with van der Waals surface area (Å²) >= 11 is 6.40. The molecule has 0 radical (unpaired) electrons. The van der Waals surface area contributed by atoms with Crippen LogP contribution in [0.1, 0.15) is 37.7 Å². The first-order chi connectivity index (χ1) is 18.6. The highest BCUT2D eigenvalue weighted by molar-refractivity contribution is 7.90. The zero-order chi connectivity index (χ0) is 27.7. The molecule has 0 amide bonds. The van der Waals surface area contributed by atoms with Crippen molar-refractivity contribution in [3.8, 4) is 11.1 Å². The molecule has 2 aromatic carbocycles. The summed E-state index contributed by atoms with van der Waals surface area (Å²) in [5.74, 6) is 0.916. The SMILES string of the molecule is CCn1c(=O)c(-c2cc(S(C)(=O)=O)ccc2Cl)cc2cnc(Nc3ccc(C4CCCCN(C)C4)cc3)nc21. The average molecular weight is 566 g/mol. The lowest BCUT2D eigenvalue weighted by Gasteiger charge is -2.20. The lowest BCUT2D eigenvalue weighted by molar-refractivity contribution is 0.332. The van der Waals surface area contributed by atoms with E-state index in [-0.39, 0.29) is 10.5 Å². The number of aromatic nitrogens is 3. The lowest BCUT2D eigenvalue weighted by atomic mass is 9.94. The van der Waals surface area contributed by atoms with Crippen LogP contribution in [0, 0.1) is 0 Å². The fraction of sp³-hybridized carbons (Fsp3) is 0.345. The summed E-state index contributed by atoms with van der Waals surface area (Å²) in [5, 5.41) is 4.20. The maximum absolute atomic E-state index is 13.5. The maximum atomic E-state index is 13.5. The van der Waals surface area contributed by atoms with Crippen LogP contribution in [-0.4, -0.2) is 54.2 Å². The first-order valence-corrected chi connectivity index (χ1v) is 15.4. The summed E-state index contributed by atoms with van der Waals surface area (Å²) in [4.78, 5) is 25.1. The molecular formula is C29H32ClN5O3S. The summed E-state index contributed by atoms with van der Waals surface area (Å²) in [6.07, 6.45) is 6.47. The van der Waals surface area contributed by atoms with Gasteiger partial charge in [-0.3, -0.25) is 9.36 Å². The minimum Gasteiger partial charge on any atom is -0.324 e. The summed E-state index contributed by atoms with van der Waals surface area (Å²) < 4.78 is 25.8. The van der Waals surface area contributed by atoms with E-state index in [4.69, 9.17) is 11.6 Å². The Hall–Kier alpha value is -3.27. The molecule has 39 heavy (non-hydrogen) atoms. The van der Waals surface area contributed by atoms with E-state index in [0.29, 0.717) is 45.6 Å². The molecule has 1 aliphatic rings. The summed E-state index contributed by atoms with van der Waals surface area (Å²) in [6.45, 7) is 4.45. The van der Waals surface area contributed by atoms with Crippen LogP contribution < -0.4 is 10.9 Å². The van der Waals surface area contributed by atoms with Gasteiger partial charge in [-0.15, -0.1) is 0 Å². The van der Waals surface area contributed by atoms with Gasteiger partial charge in [0, 0.05) is 52.8 Å². The van der Waals surface area contributed by atoms with E-state index in [1.54, 1.807) is 16.8 Å². The number of aryl methyl sites for hydroxylation is 1. The molecule has 8 nitrogen and oxygen atoms in total. The van der Waals surface area contributed by atoms with E-state index >= 15 is 0 Å². The Bertz CT molecular complexity index is 1690. The molecule has 1 aliphatic heterocycles. The Morgan fingerprint density at radius 1 is 1.08 bits per heavy atom. The second-order valence-corrected chi connectivity index (χ2v) is 12.6. The van der Waals surface area contributed by atoms with Gasteiger partial charge in [-0.05, 0) is 81.2 Å². The number of nitrogens with one attached hydrogen (secondary N) is 1. The Morgan fingerprint density at radius 2 is 1.85 bits per heavy atom. The van der Waals surface area contributed by atoms with E-state index in [2.05, 4.69) is 39.4 Å². The minimum absolute atomic E-state index is 0.0947. The first kappa shape index (κ1) is 27.3. The molecule has 5 rings (SSSR count). The van der Waals surface area contributed by atoms with Crippen LogP contribution in [0.4, 0.5) is 11.6 Å². The Labute approximate surface area is 233 Å². The van der Waals surface area contributed by atoms with Crippen LogP contribution in [0.3, 0.4) is 0 Å². The fourth-order valence-electron chi connectivity index (χ4n) is 5.22. The third-order valence-electron chi connectivity index (χ3n) is 7.31. The molecule has 0 bridgehead atoms. The lowest BCUT2D eigenvalue weighted by Crippen LogP contribution is -2.23. The second kappa shape index (κ2) is 11.1. The van der Waals surface area contributed by atoms with Crippen molar-refractivity contribution in [3.05, 3.63) is 75.7 Å². The summed E-state index contributed by atoms with van der Waals surface area (Å²) in [6, 6.07) is 14.4. The molecule has 1 N–H and O–H groups in total. The predicted octanol–water partition coefficient (Wildman–Crippen LogP) is 5.48. The quantitative estimate of drug-likeness (QED) is 0.331. The highest BCUT2D eigenvalue weighted by Crippen LogP contribution is 2.31. The number of hydrogen-bond acceptors (Lipinski definition) is 7. The number of rotatable bonds is 6. The van der Waals surface area contributed by atoms with Crippen LogP contribution in [0.15, 0.2) is 64.4 Å². The molecule has 1 fully saturated rings. The van der Waals surface area contributed by atoms with Crippen molar-refractivity contribution in [3.63, 3.8) is 0 Å². The van der Waals surface area contributed by atoms with Crippen molar-refractivity contribution in [2.45, 2.75) is 43.5 Å². The Morgan fingerprint density at radius 3 is 2.56 bits per heavy atom. The van der Waals surface area contributed by atoms with Crippen LogP contribution in [0.2, 0.25) is 5.02 Å². The molecule has 3 heterocycles. The number of fused-ring (bicyclic) bond motifs is 1. The molecule has 4 aromatic rings. The monoisotopic (exact) mass is 565 g/mol. The highest BCUT2D eigenvalue weighted by atomic mass is 35.5. The van der Waals surface area contributed by atoms with E-state index < -0.39 is 9.84 Å². The smallest absolute Gasteiger partial charge is 0.260 e. The van der Waals surface area contributed by atoms with Gasteiger partial charge in [-0.2, -0.15) is 4.98 Å². The number of sulfone groups is 1. The number of anilines is 2. The molecule has 0 spiro atoms. The first-order valence-electron chi connectivity index (χ1n) is 13.1. The predicted molar refractivity (Wildman–Crippen MR) is 157 cm³/mol. The van der Waals surface area contributed by atoms with E-state index in [9.17, 15) is 13.2 Å². The molecule has 1 unspecified atom stereocenters. The third kappa shape index (κ3) is 5.85. The largest absolute Gasteiger partial charge is 0.324 e. The van der Waals surface area contributed by atoms with E-state index in [0.717, 1.165) is 25.0 Å². The van der Waals surface area contributed by atoms with Crippen molar-refractivity contribution in [1.29, 1.82) is 0 Å². The fourth-order valence-corrected chi connectivity index (χ4v) is 6.08.